The number of carbonyl (C=O) groups excluding carboxylic acids is 1. The lowest BCUT2D eigenvalue weighted by molar-refractivity contribution is -0.326. The number of halogens is 4. The molecule has 0 heterocycles. The lowest BCUT2D eigenvalue weighted by Gasteiger charge is -2.09. The van der Waals surface area contributed by atoms with Crippen molar-refractivity contribution in [3.8, 4) is 0 Å². The summed E-state index contributed by atoms with van der Waals surface area (Å²) in [5.74, 6) is -0.863. The zero-order valence-electron chi connectivity index (χ0n) is 8.96. The minimum absolute atomic E-state index is 0.000704. The number of esters is 1. The summed E-state index contributed by atoms with van der Waals surface area (Å²) in [6, 6.07) is 4.31. The quantitative estimate of drug-likeness (QED) is 0.524. The lowest BCUT2D eigenvalue weighted by atomic mass is 10.2. The highest BCUT2D eigenvalue weighted by atomic mass is 35.5. The Morgan fingerprint density at radius 2 is 2.00 bits per heavy atom. The van der Waals surface area contributed by atoms with Crippen molar-refractivity contribution in [1.29, 1.82) is 0 Å². The van der Waals surface area contributed by atoms with Gasteiger partial charge in [-0.1, -0.05) is 17.7 Å². The smallest absolute Gasteiger partial charge is 0.460 e. The molecule has 18 heavy (non-hydrogen) atoms. The van der Waals surface area contributed by atoms with Crippen molar-refractivity contribution in [3.05, 3.63) is 28.8 Å². The summed E-state index contributed by atoms with van der Waals surface area (Å²) in [4.78, 5) is 11.4. The van der Waals surface area contributed by atoms with Crippen molar-refractivity contribution in [2.75, 3.05) is 18.9 Å². The predicted molar refractivity (Wildman–Crippen MR) is 58.2 cm³/mol. The van der Waals surface area contributed by atoms with Gasteiger partial charge in [0.25, 0.3) is 0 Å². The van der Waals surface area contributed by atoms with Crippen LogP contribution in [0.1, 0.15) is 10.4 Å². The van der Waals surface area contributed by atoms with Crippen molar-refractivity contribution >= 4 is 23.3 Å². The Labute approximate surface area is 105 Å². The number of ether oxygens (including phenoxy) is 2. The van der Waals surface area contributed by atoms with Gasteiger partial charge in [0.05, 0.1) is 22.9 Å². The average Bonchev–Trinajstić information content (AvgIpc) is 2.26. The number of carbonyl (C=O) groups is 1. The van der Waals surface area contributed by atoms with E-state index in [1.54, 1.807) is 0 Å². The Bertz CT molecular complexity index is 437. The van der Waals surface area contributed by atoms with Gasteiger partial charge in [-0.3, -0.25) is 4.74 Å². The molecule has 0 fully saturated rings. The number of anilines is 1. The van der Waals surface area contributed by atoms with Crippen LogP contribution in [0.5, 0.6) is 0 Å². The van der Waals surface area contributed by atoms with Gasteiger partial charge < -0.3 is 10.5 Å². The highest BCUT2D eigenvalue weighted by Crippen LogP contribution is 2.23. The molecule has 100 valence electrons. The van der Waals surface area contributed by atoms with E-state index in [9.17, 15) is 18.0 Å². The number of alkyl halides is 3. The molecule has 0 saturated carbocycles. The molecule has 1 rings (SSSR count). The molecule has 8 heteroatoms. The standard InChI is InChI=1S/C10H9ClF3NO3/c11-8-6(2-1-3-7(8)15)9(16)17-4-5-18-10(12,13)14/h1-3H,4-5,15H2. The Morgan fingerprint density at radius 3 is 2.61 bits per heavy atom. The molecule has 0 aromatic heterocycles. The molecule has 4 nitrogen and oxygen atoms in total. The van der Waals surface area contributed by atoms with E-state index in [0.29, 0.717) is 0 Å². The first-order chi connectivity index (χ1) is 8.31. The summed E-state index contributed by atoms with van der Waals surface area (Å²) >= 11 is 5.74. The van der Waals surface area contributed by atoms with Gasteiger partial charge in [0.2, 0.25) is 0 Å². The summed E-state index contributed by atoms with van der Waals surface area (Å²) in [6.45, 7) is -1.32. The molecular formula is C10H9ClF3NO3. The molecule has 1 aromatic carbocycles. The fraction of sp³-hybridized carbons (Fsp3) is 0.300. The minimum atomic E-state index is -4.75. The van der Waals surface area contributed by atoms with E-state index in [4.69, 9.17) is 17.3 Å². The lowest BCUT2D eigenvalue weighted by Crippen LogP contribution is -2.19. The van der Waals surface area contributed by atoms with Crippen LogP contribution < -0.4 is 5.73 Å². The van der Waals surface area contributed by atoms with Crippen LogP contribution in [0.25, 0.3) is 0 Å². The maximum Gasteiger partial charge on any atom is 0.522 e. The molecule has 0 amide bonds. The van der Waals surface area contributed by atoms with Crippen LogP contribution >= 0.6 is 11.6 Å². The van der Waals surface area contributed by atoms with Crippen LogP contribution in [0.15, 0.2) is 18.2 Å². The van der Waals surface area contributed by atoms with Gasteiger partial charge in [-0.25, -0.2) is 4.79 Å². The first-order valence-corrected chi connectivity index (χ1v) is 5.11. The van der Waals surface area contributed by atoms with Gasteiger partial charge in [0.15, 0.2) is 0 Å². The van der Waals surface area contributed by atoms with Crippen LogP contribution in [0, 0.1) is 0 Å². The maximum atomic E-state index is 11.6. The minimum Gasteiger partial charge on any atom is -0.460 e. The monoisotopic (exact) mass is 283 g/mol. The second-order valence-corrected chi connectivity index (χ2v) is 3.52. The van der Waals surface area contributed by atoms with E-state index in [1.807, 2.05) is 0 Å². The highest BCUT2D eigenvalue weighted by molar-refractivity contribution is 6.36. The zero-order chi connectivity index (χ0) is 13.8. The van der Waals surface area contributed by atoms with E-state index < -0.39 is 25.5 Å². The number of nitrogens with two attached hydrogens (primary N) is 1. The normalized spacial score (nSPS) is 11.3. The first-order valence-electron chi connectivity index (χ1n) is 4.73. The average molecular weight is 284 g/mol. The van der Waals surface area contributed by atoms with Gasteiger partial charge in [0.1, 0.15) is 6.61 Å². The molecule has 0 saturated heterocycles. The zero-order valence-corrected chi connectivity index (χ0v) is 9.72. The van der Waals surface area contributed by atoms with Crippen molar-refractivity contribution in [1.82, 2.24) is 0 Å². The molecular weight excluding hydrogens is 275 g/mol. The number of hydrogen-bond donors (Lipinski definition) is 1. The third-order valence-corrected chi connectivity index (χ3v) is 2.25. The third kappa shape index (κ3) is 4.42. The summed E-state index contributed by atoms with van der Waals surface area (Å²) < 4.78 is 42.8. The predicted octanol–water partition coefficient (Wildman–Crippen LogP) is 2.62. The van der Waals surface area contributed by atoms with E-state index in [2.05, 4.69) is 9.47 Å². The summed E-state index contributed by atoms with van der Waals surface area (Å²) in [7, 11) is 0. The molecule has 0 spiro atoms. The molecule has 0 unspecified atom stereocenters. The summed E-state index contributed by atoms with van der Waals surface area (Å²) in [5.41, 5.74) is 5.63. The Hall–Kier alpha value is -1.47. The fourth-order valence-corrected chi connectivity index (χ4v) is 1.28. The summed E-state index contributed by atoms with van der Waals surface area (Å²) in [6.07, 6.45) is -4.75. The van der Waals surface area contributed by atoms with Gasteiger partial charge >= 0.3 is 12.3 Å². The fourth-order valence-electron chi connectivity index (χ4n) is 1.08. The molecule has 0 bridgehead atoms. The van der Waals surface area contributed by atoms with E-state index in [1.165, 1.54) is 18.2 Å². The number of rotatable bonds is 4. The number of nitrogen functional groups attached to an aromatic ring is 1. The second-order valence-electron chi connectivity index (χ2n) is 3.14. The Kier molecular flexibility index (Phi) is 4.80. The highest BCUT2D eigenvalue weighted by Gasteiger charge is 2.28. The number of benzene rings is 1. The molecule has 0 atom stereocenters. The van der Waals surface area contributed by atoms with E-state index in [0.717, 1.165) is 0 Å². The van der Waals surface area contributed by atoms with Gasteiger partial charge in [-0.15, -0.1) is 13.2 Å². The van der Waals surface area contributed by atoms with Crippen molar-refractivity contribution in [2.24, 2.45) is 0 Å². The van der Waals surface area contributed by atoms with Crippen LogP contribution in [0.2, 0.25) is 5.02 Å². The van der Waals surface area contributed by atoms with Crippen LogP contribution in [0.3, 0.4) is 0 Å². The van der Waals surface area contributed by atoms with Crippen LogP contribution in [-0.4, -0.2) is 25.5 Å². The Morgan fingerprint density at radius 1 is 1.33 bits per heavy atom. The Balaban J connectivity index is 2.49. The molecule has 0 aliphatic carbocycles. The van der Waals surface area contributed by atoms with Gasteiger partial charge in [-0.05, 0) is 12.1 Å². The van der Waals surface area contributed by atoms with Crippen molar-refractivity contribution in [2.45, 2.75) is 6.36 Å². The molecule has 0 aliphatic rings. The second kappa shape index (κ2) is 5.92. The topological polar surface area (TPSA) is 61.6 Å². The van der Waals surface area contributed by atoms with Gasteiger partial charge in [-0.2, -0.15) is 0 Å². The molecule has 2 N–H and O–H groups in total. The maximum absolute atomic E-state index is 11.6. The number of hydrogen-bond acceptors (Lipinski definition) is 4. The third-order valence-electron chi connectivity index (χ3n) is 1.83. The van der Waals surface area contributed by atoms with Crippen molar-refractivity contribution in [3.63, 3.8) is 0 Å². The molecule has 0 radical (unpaired) electrons. The largest absolute Gasteiger partial charge is 0.522 e. The summed E-state index contributed by atoms with van der Waals surface area (Å²) in [5, 5.41) is -0.000704. The molecule has 1 aromatic rings. The van der Waals surface area contributed by atoms with Crippen molar-refractivity contribution < 1.29 is 27.4 Å². The van der Waals surface area contributed by atoms with Crippen LogP contribution in [-0.2, 0) is 9.47 Å². The molecule has 0 aliphatic heterocycles. The van der Waals surface area contributed by atoms with E-state index >= 15 is 0 Å². The van der Waals surface area contributed by atoms with Gasteiger partial charge in [0, 0.05) is 0 Å². The first kappa shape index (κ1) is 14.6. The van der Waals surface area contributed by atoms with Crippen LogP contribution in [0.4, 0.5) is 18.9 Å². The van der Waals surface area contributed by atoms with E-state index in [-0.39, 0.29) is 16.3 Å². The SMILES string of the molecule is Nc1cccc(C(=O)OCCOC(F)(F)F)c1Cl.